The third kappa shape index (κ3) is 4.74. The van der Waals surface area contributed by atoms with Crippen molar-refractivity contribution in [2.45, 2.75) is 18.6 Å². The molecule has 0 aromatic heterocycles. The lowest BCUT2D eigenvalue weighted by atomic mass is 10.1. The van der Waals surface area contributed by atoms with Crippen LogP contribution in [0.25, 0.3) is 0 Å². The molecule has 2 aromatic rings. The number of hydrogen-bond acceptors (Lipinski definition) is 2. The predicted molar refractivity (Wildman–Crippen MR) is 84.3 cm³/mol. The molecule has 2 rings (SSSR count). The minimum Gasteiger partial charge on any atom is -0.478 e. The van der Waals surface area contributed by atoms with Gasteiger partial charge in [0.25, 0.3) is 0 Å². The Balaban J connectivity index is 1.67. The Kier molecular flexibility index (Phi) is 5.69. The van der Waals surface area contributed by atoms with Gasteiger partial charge in [0.1, 0.15) is 0 Å². The third-order valence-corrected chi connectivity index (χ3v) is 4.18. The minimum atomic E-state index is -0.868. The summed E-state index contributed by atoms with van der Waals surface area (Å²) in [5.41, 5.74) is 2.92. The first-order chi connectivity index (χ1) is 9.75. The van der Waals surface area contributed by atoms with Crippen LogP contribution in [0.3, 0.4) is 0 Å². The molecule has 3 heteroatoms. The lowest BCUT2D eigenvalue weighted by Crippen LogP contribution is -1.95. The SMILES string of the molecule is O=C(O)c1ccc(CSCCCc2ccccc2)cc1. The first-order valence-corrected chi connectivity index (χ1v) is 7.85. The van der Waals surface area contributed by atoms with E-state index < -0.39 is 5.97 Å². The van der Waals surface area contributed by atoms with Crippen molar-refractivity contribution in [1.29, 1.82) is 0 Å². The molecule has 1 N–H and O–H groups in total. The van der Waals surface area contributed by atoms with Crippen molar-refractivity contribution in [3.63, 3.8) is 0 Å². The highest BCUT2D eigenvalue weighted by Crippen LogP contribution is 2.15. The maximum absolute atomic E-state index is 10.7. The topological polar surface area (TPSA) is 37.3 Å². The Morgan fingerprint density at radius 3 is 2.30 bits per heavy atom. The summed E-state index contributed by atoms with van der Waals surface area (Å²) < 4.78 is 0. The zero-order valence-electron chi connectivity index (χ0n) is 11.3. The van der Waals surface area contributed by atoms with E-state index in [9.17, 15) is 4.79 Å². The second-order valence-electron chi connectivity index (χ2n) is 4.64. The zero-order chi connectivity index (χ0) is 14.2. The monoisotopic (exact) mass is 286 g/mol. The van der Waals surface area contributed by atoms with E-state index in [0.717, 1.165) is 17.9 Å². The fourth-order valence-electron chi connectivity index (χ4n) is 1.96. The van der Waals surface area contributed by atoms with Gasteiger partial charge in [-0.3, -0.25) is 0 Å². The molecule has 2 aromatic carbocycles. The molecule has 0 aliphatic carbocycles. The van der Waals surface area contributed by atoms with E-state index in [0.29, 0.717) is 5.56 Å². The van der Waals surface area contributed by atoms with E-state index in [1.807, 2.05) is 30.0 Å². The minimum absolute atomic E-state index is 0.350. The fraction of sp³-hybridized carbons (Fsp3) is 0.235. The van der Waals surface area contributed by atoms with Gasteiger partial charge in [-0.15, -0.1) is 0 Å². The fourth-order valence-corrected chi connectivity index (χ4v) is 2.88. The molecule has 20 heavy (non-hydrogen) atoms. The molecule has 0 aliphatic rings. The molecular weight excluding hydrogens is 268 g/mol. The average Bonchev–Trinajstić information content (AvgIpc) is 2.48. The first-order valence-electron chi connectivity index (χ1n) is 6.69. The van der Waals surface area contributed by atoms with Crippen molar-refractivity contribution >= 4 is 17.7 Å². The van der Waals surface area contributed by atoms with E-state index in [2.05, 4.69) is 24.3 Å². The molecule has 0 fully saturated rings. The second kappa shape index (κ2) is 7.75. The van der Waals surface area contributed by atoms with Crippen LogP contribution < -0.4 is 0 Å². The molecule has 0 radical (unpaired) electrons. The molecule has 0 unspecified atom stereocenters. The lowest BCUT2D eigenvalue weighted by Gasteiger charge is -2.03. The number of thioether (sulfide) groups is 1. The number of carbonyl (C=O) groups is 1. The molecule has 0 saturated carbocycles. The smallest absolute Gasteiger partial charge is 0.335 e. The Morgan fingerprint density at radius 2 is 1.65 bits per heavy atom. The summed E-state index contributed by atoms with van der Waals surface area (Å²) in [6.07, 6.45) is 2.29. The van der Waals surface area contributed by atoms with Crippen LogP contribution >= 0.6 is 11.8 Å². The van der Waals surface area contributed by atoms with Gasteiger partial charge >= 0.3 is 5.97 Å². The molecule has 0 atom stereocenters. The van der Waals surface area contributed by atoms with Gasteiger partial charge in [-0.1, -0.05) is 42.5 Å². The Hall–Kier alpha value is -1.74. The number of benzene rings is 2. The molecule has 0 saturated heterocycles. The lowest BCUT2D eigenvalue weighted by molar-refractivity contribution is 0.0697. The number of carboxylic acid groups (broad SMARTS) is 1. The van der Waals surface area contributed by atoms with Crippen molar-refractivity contribution in [1.82, 2.24) is 0 Å². The maximum atomic E-state index is 10.7. The molecular formula is C17H18O2S. The number of hydrogen-bond donors (Lipinski definition) is 1. The van der Waals surface area contributed by atoms with Gasteiger partial charge < -0.3 is 5.11 Å². The summed E-state index contributed by atoms with van der Waals surface area (Å²) in [4.78, 5) is 10.7. The van der Waals surface area contributed by atoms with E-state index in [4.69, 9.17) is 5.11 Å². The average molecular weight is 286 g/mol. The highest BCUT2D eigenvalue weighted by atomic mass is 32.2. The van der Waals surface area contributed by atoms with Gasteiger partial charge in [-0.25, -0.2) is 4.79 Å². The highest BCUT2D eigenvalue weighted by molar-refractivity contribution is 7.98. The summed E-state index contributed by atoms with van der Waals surface area (Å²) in [6.45, 7) is 0. The predicted octanol–water partition coefficient (Wildman–Crippen LogP) is 4.25. The number of carboxylic acids is 1. The van der Waals surface area contributed by atoms with Crippen molar-refractivity contribution < 1.29 is 9.90 Å². The number of rotatable bonds is 7. The van der Waals surface area contributed by atoms with Crippen molar-refractivity contribution in [2.75, 3.05) is 5.75 Å². The van der Waals surface area contributed by atoms with Crippen LogP contribution in [0, 0.1) is 0 Å². The highest BCUT2D eigenvalue weighted by Gasteiger charge is 2.01. The molecule has 104 valence electrons. The van der Waals surface area contributed by atoms with E-state index >= 15 is 0 Å². The Bertz CT molecular complexity index is 535. The van der Waals surface area contributed by atoms with Crippen LogP contribution in [0.2, 0.25) is 0 Å². The van der Waals surface area contributed by atoms with Crippen molar-refractivity contribution in [3.8, 4) is 0 Å². The molecule has 0 amide bonds. The van der Waals surface area contributed by atoms with Gasteiger partial charge in [0.15, 0.2) is 0 Å². The van der Waals surface area contributed by atoms with E-state index in [1.54, 1.807) is 12.1 Å². The zero-order valence-corrected chi connectivity index (χ0v) is 12.1. The van der Waals surface area contributed by atoms with Gasteiger partial charge in [-0.2, -0.15) is 11.8 Å². The number of aromatic carboxylic acids is 1. The molecule has 0 aliphatic heterocycles. The standard InChI is InChI=1S/C17H18O2S/c18-17(19)16-10-8-15(9-11-16)13-20-12-4-7-14-5-2-1-3-6-14/h1-3,5-6,8-11H,4,7,12-13H2,(H,18,19). The maximum Gasteiger partial charge on any atom is 0.335 e. The third-order valence-electron chi connectivity index (χ3n) is 3.07. The van der Waals surface area contributed by atoms with Gasteiger partial charge in [0.2, 0.25) is 0 Å². The molecule has 0 bridgehead atoms. The van der Waals surface area contributed by atoms with Gasteiger partial charge in [-0.05, 0) is 41.9 Å². The largest absolute Gasteiger partial charge is 0.478 e. The van der Waals surface area contributed by atoms with Crippen LogP contribution in [0.5, 0.6) is 0 Å². The van der Waals surface area contributed by atoms with Crippen LogP contribution in [0.4, 0.5) is 0 Å². The molecule has 0 heterocycles. The van der Waals surface area contributed by atoms with Gasteiger partial charge in [0.05, 0.1) is 5.56 Å². The second-order valence-corrected chi connectivity index (χ2v) is 5.75. The van der Waals surface area contributed by atoms with Crippen LogP contribution in [0.1, 0.15) is 27.9 Å². The summed E-state index contributed by atoms with van der Waals surface area (Å²) in [7, 11) is 0. The van der Waals surface area contributed by atoms with Crippen molar-refractivity contribution in [2.24, 2.45) is 0 Å². The quantitative estimate of drug-likeness (QED) is 0.773. The van der Waals surface area contributed by atoms with Crippen molar-refractivity contribution in [3.05, 3.63) is 71.3 Å². The Labute approximate surface area is 123 Å². The van der Waals surface area contributed by atoms with Gasteiger partial charge in [0, 0.05) is 5.75 Å². The van der Waals surface area contributed by atoms with Crippen LogP contribution in [-0.4, -0.2) is 16.8 Å². The van der Waals surface area contributed by atoms with E-state index in [1.165, 1.54) is 17.5 Å². The molecule has 2 nitrogen and oxygen atoms in total. The number of aryl methyl sites for hydroxylation is 1. The Morgan fingerprint density at radius 1 is 0.950 bits per heavy atom. The summed E-state index contributed by atoms with van der Waals surface area (Å²) >= 11 is 1.89. The first kappa shape index (κ1) is 14.7. The van der Waals surface area contributed by atoms with E-state index in [-0.39, 0.29) is 0 Å². The normalized spacial score (nSPS) is 10.4. The summed E-state index contributed by atoms with van der Waals surface area (Å²) in [5.74, 6) is 1.19. The summed E-state index contributed by atoms with van der Waals surface area (Å²) in [5, 5.41) is 8.82. The molecule has 0 spiro atoms. The van der Waals surface area contributed by atoms with Crippen LogP contribution in [0.15, 0.2) is 54.6 Å². The summed E-state index contributed by atoms with van der Waals surface area (Å²) in [6, 6.07) is 17.6. The van der Waals surface area contributed by atoms with Crippen LogP contribution in [-0.2, 0) is 12.2 Å².